The van der Waals surface area contributed by atoms with Crippen LogP contribution in [0, 0.1) is 17.3 Å². The number of halogens is 2. The molecule has 3 atom stereocenters. The van der Waals surface area contributed by atoms with E-state index in [1.54, 1.807) is 18.3 Å². The summed E-state index contributed by atoms with van der Waals surface area (Å²) >= 11 is 12.4. The number of fused-ring (bicyclic) bond motifs is 1. The van der Waals surface area contributed by atoms with E-state index >= 15 is 0 Å². The lowest BCUT2D eigenvalue weighted by Gasteiger charge is -2.15. The van der Waals surface area contributed by atoms with Crippen molar-refractivity contribution in [3.63, 3.8) is 0 Å². The zero-order valence-corrected chi connectivity index (χ0v) is 19.9. The van der Waals surface area contributed by atoms with Gasteiger partial charge in [0.25, 0.3) is 0 Å². The molecule has 0 heterocycles. The van der Waals surface area contributed by atoms with E-state index in [9.17, 15) is 4.79 Å². The van der Waals surface area contributed by atoms with Gasteiger partial charge in [-0.1, -0.05) is 55.1 Å². The summed E-state index contributed by atoms with van der Waals surface area (Å²) in [4.78, 5) is 12.6. The van der Waals surface area contributed by atoms with Gasteiger partial charge in [-0.25, -0.2) is 5.43 Å². The van der Waals surface area contributed by atoms with E-state index in [1.807, 2.05) is 31.2 Å². The molecule has 0 aliphatic heterocycles. The van der Waals surface area contributed by atoms with Crippen molar-refractivity contribution < 1.29 is 14.3 Å². The van der Waals surface area contributed by atoms with Gasteiger partial charge in [0, 0.05) is 10.9 Å². The number of hydrogen-bond acceptors (Lipinski definition) is 4. The average molecular weight is 475 g/mol. The highest BCUT2D eigenvalue weighted by molar-refractivity contribution is 6.32. The Morgan fingerprint density at radius 2 is 2.00 bits per heavy atom. The molecule has 4 rings (SSSR count). The van der Waals surface area contributed by atoms with Gasteiger partial charge >= 0.3 is 0 Å². The molecular formula is C25H28Cl2N2O3. The minimum Gasteiger partial charge on any atom is -0.490 e. The molecule has 1 N–H and O–H groups in total. The molecule has 2 aliphatic carbocycles. The van der Waals surface area contributed by atoms with Crippen molar-refractivity contribution in [1.29, 1.82) is 0 Å². The monoisotopic (exact) mass is 474 g/mol. The van der Waals surface area contributed by atoms with Crippen molar-refractivity contribution in [3.8, 4) is 11.5 Å². The molecule has 2 fully saturated rings. The fraction of sp³-hybridized carbons (Fsp3) is 0.440. The Morgan fingerprint density at radius 3 is 2.69 bits per heavy atom. The maximum absolute atomic E-state index is 12.6. The smallest absolute Gasteiger partial charge is 0.244 e. The second-order valence-electron chi connectivity index (χ2n) is 8.75. The molecule has 32 heavy (non-hydrogen) atoms. The third-order valence-electron chi connectivity index (χ3n) is 6.63. The predicted octanol–water partition coefficient (Wildman–Crippen LogP) is 6.25. The molecule has 1 amide bonds. The molecule has 0 bridgehead atoms. The molecule has 0 aromatic heterocycles. The molecule has 2 saturated carbocycles. The van der Waals surface area contributed by atoms with Crippen molar-refractivity contribution in [2.75, 3.05) is 6.61 Å². The normalized spacial score (nSPS) is 24.1. The Kier molecular flexibility index (Phi) is 6.96. The van der Waals surface area contributed by atoms with E-state index in [0.29, 0.717) is 40.7 Å². The quantitative estimate of drug-likeness (QED) is 0.363. The highest BCUT2D eigenvalue weighted by Gasteiger charge is 2.64. The minimum absolute atomic E-state index is 0.00898. The van der Waals surface area contributed by atoms with E-state index in [4.69, 9.17) is 32.7 Å². The maximum Gasteiger partial charge on any atom is 0.244 e. The molecule has 5 nitrogen and oxygen atoms in total. The number of amides is 1. The van der Waals surface area contributed by atoms with Crippen molar-refractivity contribution in [2.45, 2.75) is 46.1 Å². The first-order valence-corrected chi connectivity index (χ1v) is 11.8. The molecule has 170 valence electrons. The summed E-state index contributed by atoms with van der Waals surface area (Å²) < 4.78 is 11.7. The molecule has 0 radical (unpaired) electrons. The molecular weight excluding hydrogens is 447 g/mol. The van der Waals surface area contributed by atoms with Crippen LogP contribution in [0.3, 0.4) is 0 Å². The summed E-state index contributed by atoms with van der Waals surface area (Å²) in [5, 5.41) is 5.26. The van der Waals surface area contributed by atoms with Crippen molar-refractivity contribution in [1.82, 2.24) is 5.43 Å². The Labute approximate surface area is 199 Å². The fourth-order valence-electron chi connectivity index (χ4n) is 4.89. The second-order valence-corrected chi connectivity index (χ2v) is 9.59. The van der Waals surface area contributed by atoms with Crippen LogP contribution in [0.2, 0.25) is 10.0 Å². The summed E-state index contributed by atoms with van der Waals surface area (Å²) in [5.41, 5.74) is 4.56. The number of nitrogens with one attached hydrogen (secondary N) is 1. The fourth-order valence-corrected chi connectivity index (χ4v) is 5.29. The predicted molar refractivity (Wildman–Crippen MR) is 128 cm³/mol. The summed E-state index contributed by atoms with van der Waals surface area (Å²) in [6.07, 6.45) is 6.29. The van der Waals surface area contributed by atoms with Gasteiger partial charge in [0.2, 0.25) is 5.91 Å². The highest BCUT2D eigenvalue weighted by Crippen LogP contribution is 2.66. The lowest BCUT2D eigenvalue weighted by Crippen LogP contribution is -2.22. The topological polar surface area (TPSA) is 59.9 Å². The van der Waals surface area contributed by atoms with E-state index in [1.165, 1.54) is 12.8 Å². The number of ether oxygens (including phenoxy) is 2. The van der Waals surface area contributed by atoms with Gasteiger partial charge in [0.15, 0.2) is 11.5 Å². The van der Waals surface area contributed by atoms with Gasteiger partial charge in [0.1, 0.15) is 6.61 Å². The summed E-state index contributed by atoms with van der Waals surface area (Å²) in [6, 6.07) is 11.0. The van der Waals surface area contributed by atoms with Crippen LogP contribution in [-0.4, -0.2) is 18.7 Å². The Morgan fingerprint density at radius 1 is 1.22 bits per heavy atom. The Hall–Kier alpha value is -2.24. The first-order chi connectivity index (χ1) is 15.4. The van der Waals surface area contributed by atoms with Crippen LogP contribution >= 0.6 is 23.2 Å². The molecule has 2 aromatic carbocycles. The van der Waals surface area contributed by atoms with Crippen LogP contribution in [0.1, 0.15) is 50.7 Å². The van der Waals surface area contributed by atoms with Gasteiger partial charge in [-0.2, -0.15) is 5.10 Å². The molecule has 2 aliphatic rings. The van der Waals surface area contributed by atoms with E-state index < -0.39 is 0 Å². The number of carbonyl (C=O) groups is 1. The standard InChI is InChI=1S/C25H28Cl2N2O3/c1-3-31-21-13-17(12-20(27)23(21)32-15-16-7-9-18(26)10-8-16)14-28-29-24(30)22-19-6-4-5-11-25(19,22)2/h7-10,12-14,19,22H,3-6,11,15H2,1-2H3,(H,29,30)/b28-14-/t19-,22-,25-/m0/s1. The van der Waals surface area contributed by atoms with Crippen molar-refractivity contribution >= 4 is 35.3 Å². The molecule has 0 unspecified atom stereocenters. The van der Waals surface area contributed by atoms with Gasteiger partial charge in [0.05, 0.1) is 17.8 Å². The molecule has 0 saturated heterocycles. The molecule has 0 spiro atoms. The number of carbonyl (C=O) groups excluding carboxylic acids is 1. The third-order valence-corrected chi connectivity index (χ3v) is 7.16. The highest BCUT2D eigenvalue weighted by atomic mass is 35.5. The largest absolute Gasteiger partial charge is 0.490 e. The van der Waals surface area contributed by atoms with Crippen LogP contribution in [0.4, 0.5) is 0 Å². The lowest BCUT2D eigenvalue weighted by molar-refractivity contribution is -0.123. The zero-order chi connectivity index (χ0) is 22.7. The number of hydrazone groups is 1. The average Bonchev–Trinajstić information content (AvgIpc) is 3.40. The number of nitrogens with zero attached hydrogens (tertiary/aromatic N) is 1. The Balaban J connectivity index is 1.41. The molecule has 2 aromatic rings. The van der Waals surface area contributed by atoms with Gasteiger partial charge in [-0.3, -0.25) is 4.79 Å². The summed E-state index contributed by atoms with van der Waals surface area (Å²) in [5.74, 6) is 1.59. The van der Waals surface area contributed by atoms with Crippen LogP contribution in [0.25, 0.3) is 0 Å². The van der Waals surface area contributed by atoms with Crippen LogP contribution in [0.5, 0.6) is 11.5 Å². The van der Waals surface area contributed by atoms with Gasteiger partial charge in [-0.05, 0) is 66.5 Å². The number of hydrogen-bond donors (Lipinski definition) is 1. The maximum atomic E-state index is 12.6. The SMILES string of the molecule is CCOc1cc(/C=N\NC(=O)[C@@H]2[C@@H]3CCCC[C@]23C)cc(Cl)c1OCc1ccc(Cl)cc1. The van der Waals surface area contributed by atoms with E-state index in [0.717, 1.165) is 24.0 Å². The first kappa shape index (κ1) is 22.9. The first-order valence-electron chi connectivity index (χ1n) is 11.1. The van der Waals surface area contributed by atoms with Crippen LogP contribution < -0.4 is 14.9 Å². The number of benzene rings is 2. The zero-order valence-electron chi connectivity index (χ0n) is 18.4. The van der Waals surface area contributed by atoms with Crippen LogP contribution in [0.15, 0.2) is 41.5 Å². The third kappa shape index (κ3) is 4.89. The van der Waals surface area contributed by atoms with Crippen LogP contribution in [-0.2, 0) is 11.4 Å². The molecule has 7 heteroatoms. The Bertz CT molecular complexity index is 1010. The van der Waals surface area contributed by atoms with Gasteiger partial charge in [-0.15, -0.1) is 0 Å². The van der Waals surface area contributed by atoms with Gasteiger partial charge < -0.3 is 9.47 Å². The van der Waals surface area contributed by atoms with E-state index in [2.05, 4.69) is 17.5 Å². The number of rotatable bonds is 8. The summed E-state index contributed by atoms with van der Waals surface area (Å²) in [7, 11) is 0. The van der Waals surface area contributed by atoms with Crippen molar-refractivity contribution in [3.05, 3.63) is 57.6 Å². The summed E-state index contributed by atoms with van der Waals surface area (Å²) in [6.45, 7) is 4.92. The van der Waals surface area contributed by atoms with E-state index in [-0.39, 0.29) is 17.2 Å². The second kappa shape index (κ2) is 9.72. The minimum atomic E-state index is 0.00898. The lowest BCUT2D eigenvalue weighted by atomic mass is 9.90. The van der Waals surface area contributed by atoms with Crippen molar-refractivity contribution in [2.24, 2.45) is 22.4 Å².